The van der Waals surface area contributed by atoms with Gasteiger partial charge in [0.2, 0.25) is 5.91 Å². The molecule has 0 unspecified atom stereocenters. The predicted molar refractivity (Wildman–Crippen MR) is 115 cm³/mol. The van der Waals surface area contributed by atoms with Crippen LogP contribution in [0.2, 0.25) is 5.02 Å². The molecule has 2 aromatic heterocycles. The summed E-state index contributed by atoms with van der Waals surface area (Å²) < 4.78 is 0. The fraction of sp³-hybridized carbons (Fsp3) is 0.273. The summed E-state index contributed by atoms with van der Waals surface area (Å²) in [6.45, 7) is 3.50. The Labute approximate surface area is 174 Å². The number of benzene rings is 1. The lowest BCUT2D eigenvalue weighted by Crippen LogP contribution is -2.38. The maximum Gasteiger partial charge on any atom is 0.227 e. The number of aromatic nitrogens is 3. The van der Waals surface area contributed by atoms with Crippen LogP contribution in [0.25, 0.3) is 11.3 Å². The van der Waals surface area contributed by atoms with Gasteiger partial charge in [-0.3, -0.25) is 9.78 Å². The van der Waals surface area contributed by atoms with E-state index in [2.05, 4.69) is 25.4 Å². The molecule has 0 spiro atoms. The second-order valence-corrected chi connectivity index (χ2v) is 7.66. The molecule has 29 heavy (non-hydrogen) atoms. The van der Waals surface area contributed by atoms with Crippen LogP contribution in [0.4, 0.5) is 11.5 Å². The molecule has 1 aliphatic heterocycles. The summed E-state index contributed by atoms with van der Waals surface area (Å²) >= 11 is 6.05. The minimum Gasteiger partial charge on any atom is -0.355 e. The molecule has 0 atom stereocenters. The van der Waals surface area contributed by atoms with Crippen molar-refractivity contribution in [1.29, 1.82) is 0 Å². The second-order valence-electron chi connectivity index (χ2n) is 7.23. The van der Waals surface area contributed by atoms with Crippen LogP contribution >= 0.6 is 11.6 Å². The van der Waals surface area contributed by atoms with Crippen molar-refractivity contribution in [2.45, 2.75) is 19.8 Å². The van der Waals surface area contributed by atoms with E-state index in [1.165, 1.54) is 0 Å². The van der Waals surface area contributed by atoms with E-state index in [4.69, 9.17) is 11.6 Å². The van der Waals surface area contributed by atoms with Gasteiger partial charge in [0.1, 0.15) is 0 Å². The third-order valence-electron chi connectivity index (χ3n) is 5.25. The van der Waals surface area contributed by atoms with E-state index < -0.39 is 0 Å². The molecule has 1 amide bonds. The van der Waals surface area contributed by atoms with Gasteiger partial charge in [0, 0.05) is 47.7 Å². The van der Waals surface area contributed by atoms with Gasteiger partial charge in [0.15, 0.2) is 5.82 Å². The van der Waals surface area contributed by atoms with Crippen molar-refractivity contribution in [2.75, 3.05) is 23.3 Å². The van der Waals surface area contributed by atoms with Crippen molar-refractivity contribution in [3.63, 3.8) is 0 Å². The zero-order chi connectivity index (χ0) is 20.2. The molecule has 0 saturated carbocycles. The molecule has 7 heteroatoms. The van der Waals surface area contributed by atoms with Gasteiger partial charge in [0.05, 0.1) is 5.69 Å². The first-order chi connectivity index (χ1) is 14.1. The standard InChI is InChI=1S/C22H22ClN5O/c1-15-4-5-18(23)13-20(15)25-22(29)16-8-11-28(12-9-16)21-7-6-19(26-27-21)17-3-2-10-24-14-17/h2-7,10,13-14,16H,8-9,11-12H2,1H3,(H,25,29). The number of halogens is 1. The van der Waals surface area contributed by atoms with Gasteiger partial charge in [-0.15, -0.1) is 10.2 Å². The predicted octanol–water partition coefficient (Wildman–Crippen LogP) is 4.36. The molecular formula is C22H22ClN5O. The van der Waals surface area contributed by atoms with Crippen LogP contribution in [0.15, 0.2) is 54.9 Å². The van der Waals surface area contributed by atoms with E-state index in [1.807, 2.05) is 43.3 Å². The number of anilines is 2. The Kier molecular flexibility index (Phi) is 5.71. The molecular weight excluding hydrogens is 386 g/mol. The van der Waals surface area contributed by atoms with Crippen molar-refractivity contribution >= 4 is 29.0 Å². The van der Waals surface area contributed by atoms with Crippen molar-refractivity contribution in [1.82, 2.24) is 15.2 Å². The highest BCUT2D eigenvalue weighted by atomic mass is 35.5. The summed E-state index contributed by atoms with van der Waals surface area (Å²) in [6.07, 6.45) is 5.06. The first-order valence-electron chi connectivity index (χ1n) is 9.66. The SMILES string of the molecule is Cc1ccc(Cl)cc1NC(=O)C1CCN(c2ccc(-c3cccnc3)nn2)CC1. The van der Waals surface area contributed by atoms with Crippen molar-refractivity contribution in [3.05, 3.63) is 65.4 Å². The summed E-state index contributed by atoms with van der Waals surface area (Å²) in [5.74, 6) is 0.863. The number of rotatable bonds is 4. The molecule has 3 aromatic rings. The third-order valence-corrected chi connectivity index (χ3v) is 5.49. The number of carbonyl (C=O) groups excluding carboxylic acids is 1. The minimum absolute atomic E-state index is 0.0211. The van der Waals surface area contributed by atoms with Crippen molar-refractivity contribution in [2.24, 2.45) is 5.92 Å². The van der Waals surface area contributed by atoms with Crippen molar-refractivity contribution < 1.29 is 4.79 Å². The molecule has 0 radical (unpaired) electrons. The Bertz CT molecular complexity index is 986. The minimum atomic E-state index is -0.0211. The smallest absolute Gasteiger partial charge is 0.227 e. The largest absolute Gasteiger partial charge is 0.355 e. The lowest BCUT2D eigenvalue weighted by Gasteiger charge is -2.32. The van der Waals surface area contributed by atoms with Gasteiger partial charge in [-0.05, 0) is 61.7 Å². The maximum absolute atomic E-state index is 12.7. The Morgan fingerprint density at radius 1 is 1.14 bits per heavy atom. The van der Waals surface area contributed by atoms with E-state index in [0.717, 1.165) is 54.3 Å². The second kappa shape index (κ2) is 8.57. The van der Waals surface area contributed by atoms with Gasteiger partial charge in [-0.1, -0.05) is 17.7 Å². The Morgan fingerprint density at radius 3 is 2.66 bits per heavy atom. The van der Waals surface area contributed by atoms with Gasteiger partial charge in [-0.2, -0.15) is 0 Å². The van der Waals surface area contributed by atoms with Crippen molar-refractivity contribution in [3.8, 4) is 11.3 Å². The molecule has 1 fully saturated rings. The summed E-state index contributed by atoms with van der Waals surface area (Å²) in [6, 6.07) is 13.3. The molecule has 148 valence electrons. The average molecular weight is 408 g/mol. The molecule has 3 heterocycles. The van der Waals surface area contributed by atoms with E-state index in [-0.39, 0.29) is 11.8 Å². The van der Waals surface area contributed by atoms with E-state index >= 15 is 0 Å². The molecule has 1 N–H and O–H groups in total. The molecule has 0 bridgehead atoms. The Hall–Kier alpha value is -2.99. The summed E-state index contributed by atoms with van der Waals surface area (Å²) in [5.41, 5.74) is 3.53. The highest BCUT2D eigenvalue weighted by Crippen LogP contribution is 2.26. The lowest BCUT2D eigenvalue weighted by molar-refractivity contribution is -0.120. The van der Waals surface area contributed by atoms with E-state index in [1.54, 1.807) is 18.5 Å². The van der Waals surface area contributed by atoms with Crippen LogP contribution in [0.5, 0.6) is 0 Å². The normalized spacial score (nSPS) is 14.6. The molecule has 1 aromatic carbocycles. The van der Waals surface area contributed by atoms with Crippen LogP contribution in [0.3, 0.4) is 0 Å². The molecule has 0 aliphatic carbocycles. The van der Waals surface area contributed by atoms with E-state index in [0.29, 0.717) is 5.02 Å². The first kappa shape index (κ1) is 19.3. The number of nitrogens with one attached hydrogen (secondary N) is 1. The summed E-state index contributed by atoms with van der Waals surface area (Å²) in [4.78, 5) is 19.0. The Morgan fingerprint density at radius 2 is 1.97 bits per heavy atom. The average Bonchev–Trinajstić information content (AvgIpc) is 2.77. The molecule has 6 nitrogen and oxygen atoms in total. The number of hydrogen-bond donors (Lipinski definition) is 1. The van der Waals surface area contributed by atoms with E-state index in [9.17, 15) is 4.79 Å². The number of piperidine rings is 1. The van der Waals surface area contributed by atoms with Crippen LogP contribution < -0.4 is 10.2 Å². The van der Waals surface area contributed by atoms with Crippen LogP contribution in [0, 0.1) is 12.8 Å². The summed E-state index contributed by atoms with van der Waals surface area (Å²) in [7, 11) is 0. The lowest BCUT2D eigenvalue weighted by atomic mass is 9.95. The topological polar surface area (TPSA) is 71.0 Å². The number of carbonyl (C=O) groups is 1. The van der Waals surface area contributed by atoms with Crippen LogP contribution in [-0.4, -0.2) is 34.2 Å². The molecule has 1 aliphatic rings. The Balaban J connectivity index is 1.35. The fourth-order valence-corrected chi connectivity index (χ4v) is 3.67. The third kappa shape index (κ3) is 4.54. The van der Waals surface area contributed by atoms with Gasteiger partial charge < -0.3 is 10.2 Å². The monoisotopic (exact) mass is 407 g/mol. The van der Waals surface area contributed by atoms with Gasteiger partial charge in [-0.25, -0.2) is 0 Å². The molecule has 4 rings (SSSR count). The number of amides is 1. The summed E-state index contributed by atoms with van der Waals surface area (Å²) in [5, 5.41) is 12.3. The van der Waals surface area contributed by atoms with Crippen LogP contribution in [0.1, 0.15) is 18.4 Å². The first-order valence-corrected chi connectivity index (χ1v) is 10.0. The van der Waals surface area contributed by atoms with Crippen LogP contribution in [-0.2, 0) is 4.79 Å². The fourth-order valence-electron chi connectivity index (χ4n) is 3.50. The number of aryl methyl sites for hydroxylation is 1. The quantitative estimate of drug-likeness (QED) is 0.695. The van der Waals surface area contributed by atoms with Gasteiger partial charge >= 0.3 is 0 Å². The molecule has 1 saturated heterocycles. The van der Waals surface area contributed by atoms with Gasteiger partial charge in [0.25, 0.3) is 0 Å². The zero-order valence-corrected chi connectivity index (χ0v) is 16.9. The maximum atomic E-state index is 12.7. The highest BCUT2D eigenvalue weighted by molar-refractivity contribution is 6.31. The number of hydrogen-bond acceptors (Lipinski definition) is 5. The number of pyridine rings is 1. The number of nitrogens with zero attached hydrogens (tertiary/aromatic N) is 4. The highest BCUT2D eigenvalue weighted by Gasteiger charge is 2.26. The zero-order valence-electron chi connectivity index (χ0n) is 16.2.